The smallest absolute Gasteiger partial charge is 0.422 e. The number of hydrogen-bond acceptors (Lipinski definition) is 2. The Kier molecular flexibility index (Phi) is 4.18. The summed E-state index contributed by atoms with van der Waals surface area (Å²) in [7, 11) is 0. The van der Waals surface area contributed by atoms with Gasteiger partial charge in [-0.1, -0.05) is 18.2 Å². The Morgan fingerprint density at radius 3 is 2.56 bits per heavy atom. The maximum absolute atomic E-state index is 12.0. The highest BCUT2D eigenvalue weighted by atomic mass is 19.4. The van der Waals surface area contributed by atoms with Crippen LogP contribution in [-0.2, 0) is 6.42 Å². The second-order valence-electron chi connectivity index (χ2n) is 3.51. The zero-order chi connectivity index (χ0) is 12.2. The Morgan fingerprint density at radius 1 is 1.31 bits per heavy atom. The van der Waals surface area contributed by atoms with Gasteiger partial charge in [0.1, 0.15) is 5.75 Å². The fourth-order valence-electron chi connectivity index (χ4n) is 1.43. The van der Waals surface area contributed by atoms with Crippen LogP contribution in [0, 0.1) is 6.92 Å². The Balaban J connectivity index is 2.84. The molecule has 0 fully saturated rings. The summed E-state index contributed by atoms with van der Waals surface area (Å²) in [5.74, 6) is 0.297. The van der Waals surface area contributed by atoms with E-state index in [1.807, 2.05) is 0 Å². The molecule has 0 bridgehead atoms. The third-order valence-electron chi connectivity index (χ3n) is 2.09. The van der Waals surface area contributed by atoms with Crippen molar-refractivity contribution >= 4 is 0 Å². The van der Waals surface area contributed by atoms with Crippen LogP contribution in [0.4, 0.5) is 13.2 Å². The maximum Gasteiger partial charge on any atom is 0.422 e. The van der Waals surface area contributed by atoms with Gasteiger partial charge < -0.3 is 10.5 Å². The van der Waals surface area contributed by atoms with Crippen molar-refractivity contribution in [1.29, 1.82) is 0 Å². The van der Waals surface area contributed by atoms with Gasteiger partial charge in [-0.25, -0.2) is 0 Å². The molecule has 16 heavy (non-hydrogen) atoms. The van der Waals surface area contributed by atoms with Crippen molar-refractivity contribution in [1.82, 2.24) is 0 Å². The Labute approximate surface area is 92.2 Å². The molecule has 1 aromatic carbocycles. The summed E-state index contributed by atoms with van der Waals surface area (Å²) in [5.41, 5.74) is 6.79. The van der Waals surface area contributed by atoms with Crippen LogP contribution in [0.5, 0.6) is 5.75 Å². The monoisotopic (exact) mass is 233 g/mol. The highest BCUT2D eigenvalue weighted by Crippen LogP contribution is 2.26. The van der Waals surface area contributed by atoms with Crippen LogP contribution in [0.2, 0.25) is 0 Å². The van der Waals surface area contributed by atoms with Crippen LogP contribution in [0.15, 0.2) is 18.2 Å². The predicted molar refractivity (Wildman–Crippen MR) is 55.5 cm³/mol. The van der Waals surface area contributed by atoms with Gasteiger partial charge in [0.2, 0.25) is 0 Å². The quantitative estimate of drug-likeness (QED) is 0.866. The molecule has 0 saturated heterocycles. The number of halogens is 3. The minimum absolute atomic E-state index is 0.297. The van der Waals surface area contributed by atoms with E-state index in [1.54, 1.807) is 25.1 Å². The molecule has 2 N–H and O–H groups in total. The molecule has 0 aliphatic rings. The molecule has 0 aromatic heterocycles. The third kappa shape index (κ3) is 3.73. The van der Waals surface area contributed by atoms with E-state index in [9.17, 15) is 13.2 Å². The van der Waals surface area contributed by atoms with Crippen LogP contribution in [0.25, 0.3) is 0 Å². The van der Waals surface area contributed by atoms with Crippen molar-refractivity contribution < 1.29 is 17.9 Å². The molecule has 2 nitrogen and oxygen atoms in total. The summed E-state index contributed by atoms with van der Waals surface area (Å²) in [6.07, 6.45) is -3.81. The average molecular weight is 233 g/mol. The lowest BCUT2D eigenvalue weighted by Gasteiger charge is -2.15. The minimum atomic E-state index is -4.32. The third-order valence-corrected chi connectivity index (χ3v) is 2.09. The molecule has 0 unspecified atom stereocenters. The Bertz CT molecular complexity index is 350. The van der Waals surface area contributed by atoms with E-state index >= 15 is 0 Å². The number of alkyl halides is 3. The summed E-state index contributed by atoms with van der Waals surface area (Å²) < 4.78 is 40.9. The van der Waals surface area contributed by atoms with E-state index in [2.05, 4.69) is 0 Å². The van der Waals surface area contributed by atoms with Crippen LogP contribution < -0.4 is 10.5 Å². The first-order chi connectivity index (χ1) is 7.44. The predicted octanol–water partition coefficient (Wildman–Crippen LogP) is 2.44. The minimum Gasteiger partial charge on any atom is -0.484 e. The lowest BCUT2D eigenvalue weighted by molar-refractivity contribution is -0.153. The van der Waals surface area contributed by atoms with E-state index < -0.39 is 12.8 Å². The largest absolute Gasteiger partial charge is 0.484 e. The molecular formula is C11H14F3NO. The van der Waals surface area contributed by atoms with E-state index in [-0.39, 0.29) is 0 Å². The Morgan fingerprint density at radius 2 is 2.00 bits per heavy atom. The highest BCUT2D eigenvalue weighted by molar-refractivity contribution is 5.41. The van der Waals surface area contributed by atoms with E-state index in [0.717, 1.165) is 0 Å². The molecular weight excluding hydrogens is 219 g/mol. The van der Waals surface area contributed by atoms with Crippen LogP contribution >= 0.6 is 0 Å². The fraction of sp³-hybridized carbons (Fsp3) is 0.455. The van der Waals surface area contributed by atoms with Crippen molar-refractivity contribution in [2.75, 3.05) is 13.2 Å². The number of ether oxygens (including phenoxy) is 1. The molecule has 90 valence electrons. The van der Waals surface area contributed by atoms with Gasteiger partial charge in [-0.05, 0) is 31.0 Å². The first kappa shape index (κ1) is 12.8. The number of nitrogens with two attached hydrogens (primary N) is 1. The standard InChI is InChI=1S/C11H14F3NO/c1-8-3-2-4-9(5-6-15)10(8)16-7-11(12,13)14/h2-4H,5-7,15H2,1H3. The number of hydrogen-bond donors (Lipinski definition) is 1. The zero-order valence-electron chi connectivity index (χ0n) is 8.97. The fourth-order valence-corrected chi connectivity index (χ4v) is 1.43. The molecule has 0 spiro atoms. The molecule has 0 aliphatic heterocycles. The normalized spacial score (nSPS) is 11.6. The zero-order valence-corrected chi connectivity index (χ0v) is 8.97. The van der Waals surface area contributed by atoms with Gasteiger partial charge >= 0.3 is 6.18 Å². The Hall–Kier alpha value is -1.23. The van der Waals surface area contributed by atoms with Crippen molar-refractivity contribution in [2.24, 2.45) is 5.73 Å². The van der Waals surface area contributed by atoms with Gasteiger partial charge in [0.15, 0.2) is 6.61 Å². The molecule has 0 radical (unpaired) electrons. The van der Waals surface area contributed by atoms with Crippen molar-refractivity contribution in [2.45, 2.75) is 19.5 Å². The van der Waals surface area contributed by atoms with E-state index in [4.69, 9.17) is 10.5 Å². The highest BCUT2D eigenvalue weighted by Gasteiger charge is 2.29. The molecule has 0 aliphatic carbocycles. The lowest BCUT2D eigenvalue weighted by atomic mass is 10.1. The van der Waals surface area contributed by atoms with E-state index in [1.165, 1.54) is 0 Å². The average Bonchev–Trinajstić information content (AvgIpc) is 2.15. The van der Waals surface area contributed by atoms with Gasteiger partial charge in [0.25, 0.3) is 0 Å². The molecule has 1 aromatic rings. The van der Waals surface area contributed by atoms with Crippen LogP contribution in [0.3, 0.4) is 0 Å². The van der Waals surface area contributed by atoms with Gasteiger partial charge in [-0.15, -0.1) is 0 Å². The van der Waals surface area contributed by atoms with Gasteiger partial charge in [0.05, 0.1) is 0 Å². The summed E-state index contributed by atoms with van der Waals surface area (Å²) >= 11 is 0. The van der Waals surface area contributed by atoms with Crippen molar-refractivity contribution in [3.63, 3.8) is 0 Å². The SMILES string of the molecule is Cc1cccc(CCN)c1OCC(F)(F)F. The van der Waals surface area contributed by atoms with Crippen molar-refractivity contribution in [3.05, 3.63) is 29.3 Å². The second kappa shape index (κ2) is 5.21. The van der Waals surface area contributed by atoms with Crippen molar-refractivity contribution in [3.8, 4) is 5.75 Å². The van der Waals surface area contributed by atoms with Crippen LogP contribution in [0.1, 0.15) is 11.1 Å². The summed E-state index contributed by atoms with van der Waals surface area (Å²) in [6.45, 7) is 0.826. The van der Waals surface area contributed by atoms with Gasteiger partial charge in [0, 0.05) is 0 Å². The molecule has 5 heteroatoms. The number of rotatable bonds is 4. The molecule has 0 atom stereocenters. The molecule has 0 saturated carbocycles. The first-order valence-corrected chi connectivity index (χ1v) is 4.92. The maximum atomic E-state index is 12.0. The van der Waals surface area contributed by atoms with Gasteiger partial charge in [-0.3, -0.25) is 0 Å². The number of aryl methyl sites for hydroxylation is 1. The summed E-state index contributed by atoms with van der Waals surface area (Å²) in [4.78, 5) is 0. The second-order valence-corrected chi connectivity index (χ2v) is 3.51. The molecule has 0 amide bonds. The number of benzene rings is 1. The number of para-hydroxylation sites is 1. The first-order valence-electron chi connectivity index (χ1n) is 4.92. The summed E-state index contributed by atoms with van der Waals surface area (Å²) in [6, 6.07) is 5.22. The summed E-state index contributed by atoms with van der Waals surface area (Å²) in [5, 5.41) is 0. The lowest BCUT2D eigenvalue weighted by Crippen LogP contribution is -2.20. The van der Waals surface area contributed by atoms with Crippen LogP contribution in [-0.4, -0.2) is 19.3 Å². The van der Waals surface area contributed by atoms with Gasteiger partial charge in [-0.2, -0.15) is 13.2 Å². The molecule has 1 rings (SSSR count). The molecule has 0 heterocycles. The van der Waals surface area contributed by atoms with E-state index in [0.29, 0.717) is 29.8 Å². The topological polar surface area (TPSA) is 35.2 Å².